The van der Waals surface area contributed by atoms with Gasteiger partial charge in [-0.3, -0.25) is 14.5 Å². The number of hydrogen-bond donors (Lipinski definition) is 1. The van der Waals surface area contributed by atoms with Gasteiger partial charge in [-0.2, -0.15) is 0 Å². The van der Waals surface area contributed by atoms with E-state index < -0.39 is 0 Å². The maximum absolute atomic E-state index is 12.0. The van der Waals surface area contributed by atoms with Gasteiger partial charge in [0.05, 0.1) is 5.69 Å². The molecule has 2 rings (SSSR count). The Morgan fingerprint density at radius 1 is 1.37 bits per heavy atom. The van der Waals surface area contributed by atoms with Crippen LogP contribution in [0.25, 0.3) is 0 Å². The molecule has 0 fully saturated rings. The van der Waals surface area contributed by atoms with Gasteiger partial charge < -0.3 is 5.73 Å². The van der Waals surface area contributed by atoms with Gasteiger partial charge in [-0.05, 0) is 12.8 Å². The maximum atomic E-state index is 12.0. The fourth-order valence-corrected chi connectivity index (χ4v) is 3.43. The Balaban J connectivity index is 2.20. The highest BCUT2D eigenvalue weighted by Gasteiger charge is 2.32. The van der Waals surface area contributed by atoms with Crippen molar-refractivity contribution in [3.63, 3.8) is 0 Å². The summed E-state index contributed by atoms with van der Waals surface area (Å²) in [5, 5.41) is 0.570. The van der Waals surface area contributed by atoms with Crippen LogP contribution in [0.2, 0.25) is 0 Å². The largest absolute Gasteiger partial charge is 0.375 e. The molecule has 2 N–H and O–H groups in total. The Hall–Kier alpha value is -1.43. The lowest BCUT2D eigenvalue weighted by Crippen LogP contribution is -2.46. The third kappa shape index (κ3) is 2.78. The first-order valence-corrected chi connectivity index (χ1v) is 7.47. The second-order valence-electron chi connectivity index (χ2n) is 4.68. The number of rotatable bonds is 3. The van der Waals surface area contributed by atoms with Crippen molar-refractivity contribution in [2.24, 2.45) is 0 Å². The summed E-state index contributed by atoms with van der Waals surface area (Å²) in [7, 11) is 0. The van der Waals surface area contributed by atoms with Crippen LogP contribution in [0.4, 0.5) is 5.13 Å². The average molecular weight is 281 g/mol. The number of anilines is 1. The molecule has 5 nitrogen and oxygen atoms in total. The zero-order valence-electron chi connectivity index (χ0n) is 11.3. The van der Waals surface area contributed by atoms with Crippen LogP contribution < -0.4 is 5.73 Å². The molecular formula is C13H19N3O2S. The molecule has 1 unspecified atom stereocenters. The number of fused-ring (bicyclic) bond motifs is 1. The number of aromatic nitrogens is 1. The summed E-state index contributed by atoms with van der Waals surface area (Å²) in [6.45, 7) is 3.58. The Morgan fingerprint density at radius 3 is 2.58 bits per heavy atom. The summed E-state index contributed by atoms with van der Waals surface area (Å²) in [6, 6.07) is -0.0350. The summed E-state index contributed by atoms with van der Waals surface area (Å²) in [5.41, 5.74) is 6.75. The number of amides is 2. The van der Waals surface area contributed by atoms with Crippen molar-refractivity contribution in [3.8, 4) is 0 Å². The number of nitrogens with zero attached hydrogens (tertiary/aromatic N) is 2. The van der Waals surface area contributed by atoms with Crippen molar-refractivity contribution >= 4 is 28.3 Å². The van der Waals surface area contributed by atoms with Crippen LogP contribution in [0.15, 0.2) is 0 Å². The molecule has 1 atom stereocenters. The minimum atomic E-state index is -0.0854. The Kier molecular flexibility index (Phi) is 4.19. The Labute approximate surface area is 116 Å². The van der Waals surface area contributed by atoms with Crippen LogP contribution in [0, 0.1) is 0 Å². The SMILES string of the molecule is CCC(=O)N(C(=O)CC)C1CCc2nc(N)sc2C1. The molecule has 1 aromatic rings. The topological polar surface area (TPSA) is 76.3 Å². The normalized spacial score (nSPS) is 17.9. The van der Waals surface area contributed by atoms with Crippen molar-refractivity contribution < 1.29 is 9.59 Å². The van der Waals surface area contributed by atoms with Crippen molar-refractivity contribution in [1.82, 2.24) is 9.88 Å². The highest BCUT2D eigenvalue weighted by Crippen LogP contribution is 2.30. The number of carbonyl (C=O) groups excluding carboxylic acids is 2. The van der Waals surface area contributed by atoms with Crippen LogP contribution in [-0.2, 0) is 22.4 Å². The molecule has 0 aliphatic heterocycles. The molecule has 1 aromatic heterocycles. The predicted octanol–water partition coefficient (Wildman–Crippen LogP) is 1.76. The molecular weight excluding hydrogens is 262 g/mol. The lowest BCUT2D eigenvalue weighted by atomic mass is 9.95. The van der Waals surface area contributed by atoms with Crippen molar-refractivity contribution in [2.45, 2.75) is 52.0 Å². The highest BCUT2D eigenvalue weighted by molar-refractivity contribution is 7.15. The zero-order valence-corrected chi connectivity index (χ0v) is 12.1. The molecule has 19 heavy (non-hydrogen) atoms. The predicted molar refractivity (Wildman–Crippen MR) is 74.8 cm³/mol. The smallest absolute Gasteiger partial charge is 0.229 e. The van der Waals surface area contributed by atoms with Crippen LogP contribution >= 0.6 is 11.3 Å². The molecule has 6 heteroatoms. The lowest BCUT2D eigenvalue weighted by molar-refractivity contribution is -0.147. The third-order valence-electron chi connectivity index (χ3n) is 3.44. The average Bonchev–Trinajstić information content (AvgIpc) is 2.77. The van der Waals surface area contributed by atoms with E-state index in [4.69, 9.17) is 5.73 Å². The Morgan fingerprint density at radius 2 is 2.00 bits per heavy atom. The molecule has 0 saturated heterocycles. The molecule has 2 amide bonds. The van der Waals surface area contributed by atoms with E-state index in [-0.39, 0.29) is 17.9 Å². The van der Waals surface area contributed by atoms with E-state index in [0.29, 0.717) is 24.4 Å². The first-order chi connectivity index (χ1) is 9.06. The third-order valence-corrected chi connectivity index (χ3v) is 4.39. The van der Waals surface area contributed by atoms with Gasteiger partial charge in [-0.1, -0.05) is 13.8 Å². The molecule has 0 saturated carbocycles. The van der Waals surface area contributed by atoms with Crippen molar-refractivity contribution in [1.29, 1.82) is 0 Å². The number of nitrogens with two attached hydrogens (primary N) is 1. The van der Waals surface area contributed by atoms with E-state index in [2.05, 4.69) is 4.98 Å². The summed E-state index contributed by atoms with van der Waals surface area (Å²) in [4.78, 5) is 30.9. The number of carbonyl (C=O) groups is 2. The van der Waals surface area contributed by atoms with Gasteiger partial charge in [0, 0.05) is 30.2 Å². The van der Waals surface area contributed by atoms with Gasteiger partial charge in [0.15, 0.2) is 5.13 Å². The second kappa shape index (κ2) is 5.69. The fourth-order valence-electron chi connectivity index (χ4n) is 2.48. The number of nitrogen functional groups attached to an aromatic ring is 1. The molecule has 0 bridgehead atoms. The van der Waals surface area contributed by atoms with E-state index >= 15 is 0 Å². The quantitative estimate of drug-likeness (QED) is 0.916. The monoisotopic (exact) mass is 281 g/mol. The first-order valence-electron chi connectivity index (χ1n) is 6.65. The minimum Gasteiger partial charge on any atom is -0.375 e. The Bertz CT molecular complexity index is 482. The van der Waals surface area contributed by atoms with Crippen LogP contribution in [-0.4, -0.2) is 27.7 Å². The maximum Gasteiger partial charge on any atom is 0.229 e. The van der Waals surface area contributed by atoms with Gasteiger partial charge >= 0.3 is 0 Å². The van der Waals surface area contributed by atoms with Crippen molar-refractivity contribution in [2.75, 3.05) is 5.73 Å². The minimum absolute atomic E-state index is 0.0350. The molecule has 104 valence electrons. The lowest BCUT2D eigenvalue weighted by Gasteiger charge is -2.32. The number of aryl methyl sites for hydroxylation is 1. The first kappa shape index (κ1) is 14.0. The van der Waals surface area contributed by atoms with Gasteiger partial charge in [-0.25, -0.2) is 4.98 Å². The van der Waals surface area contributed by atoms with Crippen molar-refractivity contribution in [3.05, 3.63) is 10.6 Å². The van der Waals surface area contributed by atoms with E-state index in [9.17, 15) is 9.59 Å². The summed E-state index contributed by atoms with van der Waals surface area (Å²) in [6.07, 6.45) is 2.99. The van der Waals surface area contributed by atoms with Gasteiger partial charge in [-0.15, -0.1) is 11.3 Å². The molecule has 1 heterocycles. The molecule has 1 aliphatic rings. The molecule has 0 aromatic carbocycles. The zero-order chi connectivity index (χ0) is 14.0. The fraction of sp³-hybridized carbons (Fsp3) is 0.615. The van der Waals surface area contributed by atoms with Gasteiger partial charge in [0.2, 0.25) is 11.8 Å². The number of imide groups is 1. The van der Waals surface area contributed by atoms with E-state index in [1.54, 1.807) is 13.8 Å². The van der Waals surface area contributed by atoms with Crippen LogP contribution in [0.3, 0.4) is 0 Å². The number of thiazole rings is 1. The van der Waals surface area contributed by atoms with Gasteiger partial charge in [0.1, 0.15) is 0 Å². The van der Waals surface area contributed by atoms with Gasteiger partial charge in [0.25, 0.3) is 0 Å². The van der Waals surface area contributed by atoms with E-state index in [1.807, 2.05) is 0 Å². The summed E-state index contributed by atoms with van der Waals surface area (Å²) >= 11 is 1.47. The van der Waals surface area contributed by atoms with E-state index in [0.717, 1.165) is 23.4 Å². The molecule has 0 spiro atoms. The second-order valence-corrected chi connectivity index (χ2v) is 5.80. The standard InChI is InChI=1S/C13H19N3O2S/c1-3-11(17)16(12(18)4-2)8-5-6-9-10(7-8)19-13(14)15-9/h8H,3-7H2,1-2H3,(H2,14,15). The highest BCUT2D eigenvalue weighted by atomic mass is 32.1. The number of hydrogen-bond acceptors (Lipinski definition) is 5. The van der Waals surface area contributed by atoms with Crippen LogP contribution in [0.1, 0.15) is 43.7 Å². The summed E-state index contributed by atoms with van der Waals surface area (Å²) in [5.74, 6) is -0.171. The molecule has 1 aliphatic carbocycles. The van der Waals surface area contributed by atoms with E-state index in [1.165, 1.54) is 16.2 Å². The van der Waals surface area contributed by atoms with Crippen LogP contribution in [0.5, 0.6) is 0 Å². The molecule has 0 radical (unpaired) electrons. The summed E-state index contributed by atoms with van der Waals surface area (Å²) < 4.78 is 0.